The highest BCUT2D eigenvalue weighted by Gasteiger charge is 2.42. The van der Waals surface area contributed by atoms with Gasteiger partial charge in [-0.2, -0.15) is 0 Å². The summed E-state index contributed by atoms with van der Waals surface area (Å²) < 4.78 is 0. The van der Waals surface area contributed by atoms with Crippen LogP contribution in [0.3, 0.4) is 0 Å². The van der Waals surface area contributed by atoms with Crippen molar-refractivity contribution < 1.29 is 0 Å². The van der Waals surface area contributed by atoms with Crippen LogP contribution >= 0.6 is 0 Å². The van der Waals surface area contributed by atoms with Crippen LogP contribution in [0.15, 0.2) is 18.3 Å². The number of pyridine rings is 1. The van der Waals surface area contributed by atoms with Gasteiger partial charge in [-0.05, 0) is 43.7 Å². The Bertz CT molecular complexity index is 342. The second-order valence-electron chi connectivity index (χ2n) is 5.02. The van der Waals surface area contributed by atoms with E-state index in [1.165, 1.54) is 24.1 Å². The van der Waals surface area contributed by atoms with Crippen molar-refractivity contribution in [3.8, 4) is 0 Å². The molecule has 82 valence electrons. The van der Waals surface area contributed by atoms with E-state index in [1.54, 1.807) is 0 Å². The monoisotopic (exact) mass is 204 g/mol. The van der Waals surface area contributed by atoms with Gasteiger partial charge in [0.1, 0.15) is 0 Å². The summed E-state index contributed by atoms with van der Waals surface area (Å²) in [6.07, 6.45) is 4.60. The van der Waals surface area contributed by atoms with Gasteiger partial charge in [0.05, 0.1) is 5.69 Å². The molecule has 0 radical (unpaired) electrons. The van der Waals surface area contributed by atoms with E-state index < -0.39 is 0 Å². The molecular formula is C13H20N2. The fourth-order valence-corrected chi connectivity index (χ4v) is 1.83. The summed E-state index contributed by atoms with van der Waals surface area (Å²) >= 11 is 0. The molecule has 2 heteroatoms. The van der Waals surface area contributed by atoms with Gasteiger partial charge in [-0.25, -0.2) is 0 Å². The summed E-state index contributed by atoms with van der Waals surface area (Å²) in [6.45, 7) is 7.65. The van der Waals surface area contributed by atoms with Crippen LogP contribution < -0.4 is 5.32 Å². The van der Waals surface area contributed by atoms with Gasteiger partial charge in [-0.1, -0.05) is 13.0 Å². The summed E-state index contributed by atoms with van der Waals surface area (Å²) in [7, 11) is 0. The van der Waals surface area contributed by atoms with Gasteiger partial charge in [0, 0.05) is 18.8 Å². The lowest BCUT2D eigenvalue weighted by Crippen LogP contribution is -2.33. The van der Waals surface area contributed by atoms with Crippen LogP contribution in [0.25, 0.3) is 0 Å². The molecule has 1 fully saturated rings. The summed E-state index contributed by atoms with van der Waals surface area (Å²) in [6, 6.07) is 4.71. The number of rotatable bonds is 4. The van der Waals surface area contributed by atoms with Gasteiger partial charge in [-0.15, -0.1) is 0 Å². The molecule has 1 atom stereocenters. The van der Waals surface area contributed by atoms with E-state index in [1.807, 2.05) is 12.3 Å². The number of aromatic nitrogens is 1. The van der Waals surface area contributed by atoms with E-state index in [4.69, 9.17) is 0 Å². The first-order valence-electron chi connectivity index (χ1n) is 5.76. The zero-order valence-corrected chi connectivity index (χ0v) is 9.88. The van der Waals surface area contributed by atoms with Crippen LogP contribution in [0.4, 0.5) is 0 Å². The molecule has 1 aliphatic rings. The third-order valence-electron chi connectivity index (χ3n) is 3.78. The Morgan fingerprint density at radius 3 is 2.87 bits per heavy atom. The fraction of sp³-hybridized carbons (Fsp3) is 0.615. The third-order valence-corrected chi connectivity index (χ3v) is 3.78. The average Bonchev–Trinajstić information content (AvgIpc) is 2.96. The molecule has 0 bridgehead atoms. The Morgan fingerprint density at radius 2 is 2.27 bits per heavy atom. The van der Waals surface area contributed by atoms with Crippen molar-refractivity contribution in [1.82, 2.24) is 10.3 Å². The number of aryl methyl sites for hydroxylation is 1. The standard InChI is InChI=1S/C13H20N2/c1-10-5-4-8-14-12(10)9-15-11(2)13(3)6-7-13/h4-5,8,11,15H,6-7,9H2,1-3H3. The van der Waals surface area contributed by atoms with Gasteiger partial charge in [0.25, 0.3) is 0 Å². The Morgan fingerprint density at radius 1 is 1.53 bits per heavy atom. The van der Waals surface area contributed by atoms with Crippen LogP contribution in [0.5, 0.6) is 0 Å². The van der Waals surface area contributed by atoms with Crippen LogP contribution in [0.1, 0.15) is 37.9 Å². The molecular weight excluding hydrogens is 184 g/mol. The molecule has 15 heavy (non-hydrogen) atoms. The van der Waals surface area contributed by atoms with Crippen LogP contribution in [-0.4, -0.2) is 11.0 Å². The van der Waals surface area contributed by atoms with E-state index in [9.17, 15) is 0 Å². The molecule has 0 aliphatic heterocycles. The minimum absolute atomic E-state index is 0.544. The zero-order chi connectivity index (χ0) is 10.9. The quantitative estimate of drug-likeness (QED) is 0.815. The van der Waals surface area contributed by atoms with Crippen LogP contribution in [0, 0.1) is 12.3 Å². The van der Waals surface area contributed by atoms with Crippen molar-refractivity contribution in [2.45, 2.75) is 46.2 Å². The van der Waals surface area contributed by atoms with E-state index >= 15 is 0 Å². The Hall–Kier alpha value is -0.890. The molecule has 1 heterocycles. The molecule has 0 saturated heterocycles. The lowest BCUT2D eigenvalue weighted by atomic mass is 10.0. The van der Waals surface area contributed by atoms with E-state index in [0.717, 1.165) is 6.54 Å². The smallest absolute Gasteiger partial charge is 0.0570 e. The maximum absolute atomic E-state index is 4.39. The molecule has 1 saturated carbocycles. The predicted octanol–water partition coefficient (Wildman–Crippen LogP) is 2.67. The lowest BCUT2D eigenvalue weighted by molar-refractivity contribution is 0.378. The number of hydrogen-bond donors (Lipinski definition) is 1. The Labute approximate surface area is 92.1 Å². The van der Waals surface area contributed by atoms with Crippen molar-refractivity contribution in [1.29, 1.82) is 0 Å². The topological polar surface area (TPSA) is 24.9 Å². The molecule has 1 aliphatic carbocycles. The summed E-state index contributed by atoms with van der Waals surface area (Å²) in [4.78, 5) is 4.39. The SMILES string of the molecule is Cc1cccnc1CNC(C)C1(C)CC1. The average molecular weight is 204 g/mol. The Balaban J connectivity index is 1.90. The third kappa shape index (κ3) is 2.37. The molecule has 2 rings (SSSR count). The second kappa shape index (κ2) is 3.93. The van der Waals surface area contributed by atoms with Gasteiger partial charge in [0.15, 0.2) is 0 Å². The molecule has 1 aromatic rings. The normalized spacial score (nSPS) is 19.9. The minimum Gasteiger partial charge on any atom is -0.308 e. The van der Waals surface area contributed by atoms with Gasteiger partial charge >= 0.3 is 0 Å². The largest absolute Gasteiger partial charge is 0.308 e. The summed E-state index contributed by atoms with van der Waals surface area (Å²) in [5.41, 5.74) is 3.00. The van der Waals surface area contributed by atoms with Gasteiger partial charge in [0.2, 0.25) is 0 Å². The first-order chi connectivity index (χ1) is 7.12. The first kappa shape index (κ1) is 10.6. The molecule has 2 nitrogen and oxygen atoms in total. The summed E-state index contributed by atoms with van der Waals surface area (Å²) in [5.74, 6) is 0. The molecule has 0 aromatic carbocycles. The molecule has 1 N–H and O–H groups in total. The zero-order valence-electron chi connectivity index (χ0n) is 9.88. The lowest BCUT2D eigenvalue weighted by Gasteiger charge is -2.20. The first-order valence-corrected chi connectivity index (χ1v) is 5.76. The maximum atomic E-state index is 4.39. The highest BCUT2D eigenvalue weighted by atomic mass is 15.0. The fourth-order valence-electron chi connectivity index (χ4n) is 1.83. The molecule has 0 spiro atoms. The van der Waals surface area contributed by atoms with Crippen molar-refractivity contribution in [3.63, 3.8) is 0 Å². The van der Waals surface area contributed by atoms with Gasteiger partial charge < -0.3 is 5.32 Å². The second-order valence-corrected chi connectivity index (χ2v) is 5.02. The highest BCUT2D eigenvalue weighted by Crippen LogP contribution is 2.47. The summed E-state index contributed by atoms with van der Waals surface area (Å²) in [5, 5.41) is 3.58. The molecule has 0 amide bonds. The van der Waals surface area contributed by atoms with E-state index in [2.05, 4.69) is 37.1 Å². The number of hydrogen-bond acceptors (Lipinski definition) is 2. The van der Waals surface area contributed by atoms with Crippen molar-refractivity contribution >= 4 is 0 Å². The van der Waals surface area contributed by atoms with Crippen molar-refractivity contribution in [2.24, 2.45) is 5.41 Å². The minimum atomic E-state index is 0.544. The van der Waals surface area contributed by atoms with E-state index in [-0.39, 0.29) is 0 Å². The van der Waals surface area contributed by atoms with Crippen LogP contribution in [-0.2, 0) is 6.54 Å². The number of nitrogens with zero attached hydrogens (tertiary/aromatic N) is 1. The maximum Gasteiger partial charge on any atom is 0.0570 e. The van der Waals surface area contributed by atoms with Crippen molar-refractivity contribution in [2.75, 3.05) is 0 Å². The van der Waals surface area contributed by atoms with Gasteiger partial charge in [-0.3, -0.25) is 4.98 Å². The number of nitrogens with one attached hydrogen (secondary N) is 1. The highest BCUT2D eigenvalue weighted by molar-refractivity contribution is 5.17. The van der Waals surface area contributed by atoms with E-state index in [0.29, 0.717) is 11.5 Å². The van der Waals surface area contributed by atoms with Crippen LogP contribution in [0.2, 0.25) is 0 Å². The van der Waals surface area contributed by atoms with Crippen molar-refractivity contribution in [3.05, 3.63) is 29.6 Å². The predicted molar refractivity (Wildman–Crippen MR) is 62.6 cm³/mol. The molecule has 1 unspecified atom stereocenters. The Kier molecular flexibility index (Phi) is 2.79. The molecule has 1 aromatic heterocycles.